The minimum atomic E-state index is 0.160. The summed E-state index contributed by atoms with van der Waals surface area (Å²) in [7, 11) is 0. The summed E-state index contributed by atoms with van der Waals surface area (Å²) < 4.78 is 0. The van der Waals surface area contributed by atoms with Crippen LogP contribution in [0.1, 0.15) is 43.0 Å². The first kappa shape index (κ1) is 15.3. The molecule has 2 rings (SSSR count). The van der Waals surface area contributed by atoms with Crippen LogP contribution in [-0.2, 0) is 5.41 Å². The zero-order valence-electron chi connectivity index (χ0n) is 13.4. The van der Waals surface area contributed by atoms with Crippen LogP contribution in [-0.4, -0.2) is 11.3 Å². The van der Waals surface area contributed by atoms with Crippen LogP contribution < -0.4 is 0 Å². The van der Waals surface area contributed by atoms with Gasteiger partial charge >= 0.3 is 0 Å². The number of hydrogen-bond acceptors (Lipinski definition) is 2. The van der Waals surface area contributed by atoms with Gasteiger partial charge in [0, 0.05) is 6.21 Å². The average molecular weight is 281 g/mol. The van der Waals surface area contributed by atoms with Gasteiger partial charge in [-0.15, -0.1) is 0 Å². The van der Waals surface area contributed by atoms with Gasteiger partial charge in [-0.3, -0.25) is 4.99 Å². The molecule has 0 spiro atoms. The maximum absolute atomic E-state index is 9.78. The van der Waals surface area contributed by atoms with Crippen molar-refractivity contribution in [2.75, 3.05) is 0 Å². The minimum absolute atomic E-state index is 0.160. The first-order chi connectivity index (χ1) is 9.77. The molecular formula is C19H23NO. The molecule has 21 heavy (non-hydrogen) atoms. The number of aryl methyl sites for hydroxylation is 2. The van der Waals surface area contributed by atoms with Crippen LogP contribution >= 0.6 is 0 Å². The van der Waals surface area contributed by atoms with E-state index in [1.165, 1.54) is 5.56 Å². The number of phenols is 1. The van der Waals surface area contributed by atoms with E-state index in [-0.39, 0.29) is 5.41 Å². The Morgan fingerprint density at radius 1 is 0.952 bits per heavy atom. The first-order valence-corrected chi connectivity index (χ1v) is 7.22. The molecule has 2 aromatic carbocycles. The smallest absolute Gasteiger partial charge is 0.121 e. The SMILES string of the molecule is Cc1cc(C=Nc2ccc(C(C)(C)C)cc2)cc(C)c1O. The molecule has 110 valence electrons. The Bertz CT molecular complexity index is 638. The van der Waals surface area contributed by atoms with E-state index in [0.717, 1.165) is 22.4 Å². The molecule has 0 bridgehead atoms. The molecule has 0 saturated heterocycles. The molecule has 0 aromatic heterocycles. The van der Waals surface area contributed by atoms with E-state index in [9.17, 15) is 5.11 Å². The third kappa shape index (κ3) is 3.72. The van der Waals surface area contributed by atoms with Gasteiger partial charge in [-0.2, -0.15) is 0 Å². The summed E-state index contributed by atoms with van der Waals surface area (Å²) in [6, 6.07) is 12.2. The lowest BCUT2D eigenvalue weighted by Crippen LogP contribution is -2.10. The van der Waals surface area contributed by atoms with Crippen molar-refractivity contribution in [3.05, 3.63) is 58.7 Å². The number of nitrogens with zero attached hydrogens (tertiary/aromatic N) is 1. The van der Waals surface area contributed by atoms with Crippen LogP contribution in [0.15, 0.2) is 41.4 Å². The van der Waals surface area contributed by atoms with Gasteiger partial charge in [0.05, 0.1) is 5.69 Å². The normalized spacial score (nSPS) is 12.0. The van der Waals surface area contributed by atoms with Gasteiger partial charge in [-0.25, -0.2) is 0 Å². The summed E-state index contributed by atoms with van der Waals surface area (Å²) in [4.78, 5) is 4.50. The molecule has 2 aromatic rings. The van der Waals surface area contributed by atoms with Crippen molar-refractivity contribution in [2.24, 2.45) is 4.99 Å². The van der Waals surface area contributed by atoms with E-state index in [2.05, 4.69) is 37.9 Å². The number of benzene rings is 2. The molecule has 2 heteroatoms. The fourth-order valence-corrected chi connectivity index (χ4v) is 2.26. The van der Waals surface area contributed by atoms with Crippen LogP contribution in [0, 0.1) is 13.8 Å². The number of hydrogen-bond donors (Lipinski definition) is 1. The van der Waals surface area contributed by atoms with Crippen molar-refractivity contribution in [3.63, 3.8) is 0 Å². The lowest BCUT2D eigenvalue weighted by Gasteiger charge is -2.18. The average Bonchev–Trinajstić information content (AvgIpc) is 2.42. The van der Waals surface area contributed by atoms with Gasteiger partial charge in [-0.1, -0.05) is 32.9 Å². The van der Waals surface area contributed by atoms with Gasteiger partial charge in [0.25, 0.3) is 0 Å². The highest BCUT2D eigenvalue weighted by Crippen LogP contribution is 2.25. The topological polar surface area (TPSA) is 32.6 Å². The fourth-order valence-electron chi connectivity index (χ4n) is 2.26. The predicted molar refractivity (Wildman–Crippen MR) is 90.0 cm³/mol. The maximum Gasteiger partial charge on any atom is 0.121 e. The van der Waals surface area contributed by atoms with Crippen molar-refractivity contribution >= 4 is 11.9 Å². The summed E-state index contributed by atoms with van der Waals surface area (Å²) >= 11 is 0. The maximum atomic E-state index is 9.78. The zero-order chi connectivity index (χ0) is 15.6. The van der Waals surface area contributed by atoms with Crippen LogP contribution in [0.2, 0.25) is 0 Å². The molecule has 0 heterocycles. The summed E-state index contributed by atoms with van der Waals surface area (Å²) in [6.07, 6.45) is 1.84. The van der Waals surface area contributed by atoms with Gasteiger partial charge < -0.3 is 5.11 Å². The molecule has 0 aliphatic carbocycles. The molecule has 0 fully saturated rings. The fraction of sp³-hybridized carbons (Fsp3) is 0.316. The van der Waals surface area contributed by atoms with Crippen molar-refractivity contribution in [1.29, 1.82) is 0 Å². The van der Waals surface area contributed by atoms with Gasteiger partial charge in [0.2, 0.25) is 0 Å². The Labute approximate surface area is 127 Å². The van der Waals surface area contributed by atoms with Crippen LogP contribution in [0.3, 0.4) is 0 Å². The quantitative estimate of drug-likeness (QED) is 0.767. The monoisotopic (exact) mass is 281 g/mol. The van der Waals surface area contributed by atoms with Crippen LogP contribution in [0.25, 0.3) is 0 Å². The van der Waals surface area contributed by atoms with E-state index in [1.807, 2.05) is 44.3 Å². The molecular weight excluding hydrogens is 258 g/mol. The lowest BCUT2D eigenvalue weighted by molar-refractivity contribution is 0.467. The minimum Gasteiger partial charge on any atom is -0.507 e. The second kappa shape index (κ2) is 5.72. The highest BCUT2D eigenvalue weighted by atomic mass is 16.3. The standard InChI is InChI=1S/C19H23NO/c1-13-10-15(11-14(2)18(13)21)12-20-17-8-6-16(7-9-17)19(3,4)5/h6-12,21H,1-5H3. The number of phenolic OH excluding ortho intramolecular Hbond substituents is 1. The summed E-state index contributed by atoms with van der Waals surface area (Å²) in [5.41, 5.74) is 5.15. The van der Waals surface area contributed by atoms with Crippen LogP contribution in [0.5, 0.6) is 5.75 Å². The molecule has 0 radical (unpaired) electrons. The third-order valence-electron chi connectivity index (χ3n) is 3.61. The predicted octanol–water partition coefficient (Wildman–Crippen LogP) is 5.06. The molecule has 0 amide bonds. The van der Waals surface area contributed by atoms with Crippen molar-refractivity contribution in [1.82, 2.24) is 0 Å². The van der Waals surface area contributed by atoms with E-state index in [1.54, 1.807) is 0 Å². The van der Waals surface area contributed by atoms with Crippen LogP contribution in [0.4, 0.5) is 5.69 Å². The zero-order valence-corrected chi connectivity index (χ0v) is 13.4. The molecule has 1 N–H and O–H groups in total. The molecule has 0 saturated carbocycles. The Hall–Kier alpha value is -2.09. The molecule has 2 nitrogen and oxygen atoms in total. The Kier molecular flexibility index (Phi) is 4.17. The van der Waals surface area contributed by atoms with Gasteiger partial charge in [-0.05, 0) is 65.8 Å². The van der Waals surface area contributed by atoms with Gasteiger partial charge in [0.15, 0.2) is 0 Å². The summed E-state index contributed by atoms with van der Waals surface area (Å²) in [6.45, 7) is 10.4. The largest absolute Gasteiger partial charge is 0.507 e. The molecule has 0 aliphatic rings. The number of aliphatic imine (C=N–C) groups is 1. The highest BCUT2D eigenvalue weighted by molar-refractivity contribution is 5.83. The summed E-state index contributed by atoms with van der Waals surface area (Å²) in [5.74, 6) is 0.363. The van der Waals surface area contributed by atoms with E-state index >= 15 is 0 Å². The number of aromatic hydroxyl groups is 1. The van der Waals surface area contributed by atoms with E-state index < -0.39 is 0 Å². The second-order valence-electron chi connectivity index (χ2n) is 6.56. The highest BCUT2D eigenvalue weighted by Gasteiger charge is 2.12. The lowest BCUT2D eigenvalue weighted by atomic mass is 9.87. The van der Waals surface area contributed by atoms with E-state index in [4.69, 9.17) is 0 Å². The number of rotatable bonds is 2. The van der Waals surface area contributed by atoms with Crippen molar-refractivity contribution in [2.45, 2.75) is 40.0 Å². The van der Waals surface area contributed by atoms with Crippen molar-refractivity contribution in [3.8, 4) is 5.75 Å². The summed E-state index contributed by atoms with van der Waals surface area (Å²) in [5, 5.41) is 9.78. The van der Waals surface area contributed by atoms with Crippen molar-refractivity contribution < 1.29 is 5.11 Å². The molecule has 0 atom stereocenters. The third-order valence-corrected chi connectivity index (χ3v) is 3.61. The first-order valence-electron chi connectivity index (χ1n) is 7.22. The Morgan fingerprint density at radius 3 is 1.95 bits per heavy atom. The second-order valence-corrected chi connectivity index (χ2v) is 6.56. The molecule has 0 unspecified atom stereocenters. The Morgan fingerprint density at radius 2 is 1.48 bits per heavy atom. The molecule has 0 aliphatic heterocycles. The van der Waals surface area contributed by atoms with Gasteiger partial charge in [0.1, 0.15) is 5.75 Å². The Balaban J connectivity index is 2.22. The van der Waals surface area contributed by atoms with E-state index in [0.29, 0.717) is 5.75 Å².